The molecule has 102 valence electrons. The Kier molecular flexibility index (Phi) is 4.58. The molecule has 4 nitrogen and oxygen atoms in total. The van der Waals surface area contributed by atoms with Crippen molar-refractivity contribution in [3.05, 3.63) is 36.0 Å². The van der Waals surface area contributed by atoms with Gasteiger partial charge in [-0.2, -0.15) is 0 Å². The molecular formula is C15H21N3O. The fourth-order valence-corrected chi connectivity index (χ4v) is 1.98. The number of hydrogen-bond donors (Lipinski definition) is 3. The minimum absolute atomic E-state index is 0.0598. The fourth-order valence-electron chi connectivity index (χ4n) is 1.98. The zero-order valence-corrected chi connectivity index (χ0v) is 11.5. The summed E-state index contributed by atoms with van der Waals surface area (Å²) in [5.41, 5.74) is 2.32. The maximum Gasteiger partial charge on any atom is 0.236 e. The maximum absolute atomic E-state index is 11.7. The monoisotopic (exact) mass is 259 g/mol. The van der Waals surface area contributed by atoms with Gasteiger partial charge in [-0.25, -0.2) is 0 Å². The summed E-state index contributed by atoms with van der Waals surface area (Å²) < 4.78 is 0. The summed E-state index contributed by atoms with van der Waals surface area (Å²) in [5.74, 6) is 0.0598. The van der Waals surface area contributed by atoms with Gasteiger partial charge >= 0.3 is 0 Å². The second kappa shape index (κ2) is 6.38. The highest BCUT2D eigenvalue weighted by Crippen LogP contribution is 2.14. The number of benzene rings is 1. The molecule has 0 saturated carbocycles. The average molecular weight is 259 g/mol. The molecule has 0 aliphatic rings. The molecule has 0 spiro atoms. The molecule has 4 heteroatoms. The van der Waals surface area contributed by atoms with Crippen molar-refractivity contribution in [2.24, 2.45) is 0 Å². The number of carbonyl (C=O) groups excluding carboxylic acids is 1. The number of H-pyrrole nitrogens is 1. The highest BCUT2D eigenvalue weighted by molar-refractivity contribution is 5.81. The minimum atomic E-state index is -0.173. The van der Waals surface area contributed by atoms with Crippen LogP contribution in [0.3, 0.4) is 0 Å². The van der Waals surface area contributed by atoms with E-state index in [0.717, 1.165) is 18.5 Å². The Morgan fingerprint density at radius 3 is 3.00 bits per heavy atom. The molecule has 0 aliphatic heterocycles. The maximum atomic E-state index is 11.7. The van der Waals surface area contributed by atoms with Gasteiger partial charge in [0.2, 0.25) is 5.91 Å². The Balaban J connectivity index is 1.88. The first-order valence-electron chi connectivity index (χ1n) is 6.78. The SMILES string of the molecule is CCCNC(=O)C(C)NCc1ccc2[nH]ccc2c1. The molecular weight excluding hydrogens is 238 g/mol. The van der Waals surface area contributed by atoms with Crippen LogP contribution in [0, 0.1) is 0 Å². The van der Waals surface area contributed by atoms with E-state index < -0.39 is 0 Å². The first-order chi connectivity index (χ1) is 9.20. The highest BCUT2D eigenvalue weighted by atomic mass is 16.2. The minimum Gasteiger partial charge on any atom is -0.361 e. The number of fused-ring (bicyclic) bond motifs is 1. The normalized spacial score (nSPS) is 12.5. The number of hydrogen-bond acceptors (Lipinski definition) is 2. The van der Waals surface area contributed by atoms with Crippen molar-refractivity contribution in [1.82, 2.24) is 15.6 Å². The van der Waals surface area contributed by atoms with E-state index in [-0.39, 0.29) is 11.9 Å². The van der Waals surface area contributed by atoms with Crippen LogP contribution >= 0.6 is 0 Å². The van der Waals surface area contributed by atoms with E-state index in [1.165, 1.54) is 10.9 Å². The lowest BCUT2D eigenvalue weighted by atomic mass is 10.1. The van der Waals surface area contributed by atoms with Crippen molar-refractivity contribution in [2.75, 3.05) is 6.54 Å². The zero-order valence-electron chi connectivity index (χ0n) is 11.5. The predicted molar refractivity (Wildman–Crippen MR) is 77.9 cm³/mol. The second-order valence-electron chi connectivity index (χ2n) is 4.79. The summed E-state index contributed by atoms with van der Waals surface area (Å²) in [6.07, 6.45) is 2.89. The molecule has 19 heavy (non-hydrogen) atoms. The third-order valence-electron chi connectivity index (χ3n) is 3.17. The lowest BCUT2D eigenvalue weighted by molar-refractivity contribution is -0.122. The van der Waals surface area contributed by atoms with Gasteiger partial charge in [0, 0.05) is 24.8 Å². The van der Waals surface area contributed by atoms with Crippen LogP contribution in [0.5, 0.6) is 0 Å². The van der Waals surface area contributed by atoms with Gasteiger partial charge in [-0.05, 0) is 42.5 Å². The van der Waals surface area contributed by atoms with Gasteiger partial charge in [-0.15, -0.1) is 0 Å². The van der Waals surface area contributed by atoms with Crippen LogP contribution in [0.4, 0.5) is 0 Å². The molecule has 1 amide bonds. The van der Waals surface area contributed by atoms with Crippen LogP contribution in [0.1, 0.15) is 25.8 Å². The molecule has 0 bridgehead atoms. The van der Waals surface area contributed by atoms with Gasteiger partial charge in [-0.3, -0.25) is 4.79 Å². The topological polar surface area (TPSA) is 56.9 Å². The van der Waals surface area contributed by atoms with Gasteiger partial charge < -0.3 is 15.6 Å². The molecule has 0 saturated heterocycles. The van der Waals surface area contributed by atoms with Gasteiger partial charge in [0.05, 0.1) is 6.04 Å². The first-order valence-corrected chi connectivity index (χ1v) is 6.78. The summed E-state index contributed by atoms with van der Waals surface area (Å²) in [7, 11) is 0. The van der Waals surface area contributed by atoms with Crippen molar-refractivity contribution in [2.45, 2.75) is 32.9 Å². The molecule has 1 aromatic carbocycles. The molecule has 3 N–H and O–H groups in total. The molecule has 0 radical (unpaired) electrons. The van der Waals surface area contributed by atoms with E-state index in [2.05, 4.69) is 39.9 Å². The molecule has 0 aliphatic carbocycles. The Bertz CT molecular complexity index is 547. The van der Waals surface area contributed by atoms with Crippen LogP contribution < -0.4 is 10.6 Å². The van der Waals surface area contributed by atoms with Crippen molar-refractivity contribution in [3.63, 3.8) is 0 Å². The van der Waals surface area contributed by atoms with E-state index in [0.29, 0.717) is 6.54 Å². The highest BCUT2D eigenvalue weighted by Gasteiger charge is 2.10. The Morgan fingerprint density at radius 2 is 2.21 bits per heavy atom. The fraction of sp³-hybridized carbons (Fsp3) is 0.400. The number of aromatic nitrogens is 1. The van der Waals surface area contributed by atoms with Gasteiger partial charge in [0.25, 0.3) is 0 Å². The van der Waals surface area contributed by atoms with E-state index in [1.807, 2.05) is 20.0 Å². The summed E-state index contributed by atoms with van der Waals surface area (Å²) in [4.78, 5) is 14.9. The van der Waals surface area contributed by atoms with Crippen molar-refractivity contribution >= 4 is 16.8 Å². The molecule has 1 aromatic heterocycles. The van der Waals surface area contributed by atoms with E-state index in [1.54, 1.807) is 0 Å². The third kappa shape index (κ3) is 3.58. The molecule has 1 atom stereocenters. The van der Waals surface area contributed by atoms with E-state index in [9.17, 15) is 4.79 Å². The van der Waals surface area contributed by atoms with E-state index in [4.69, 9.17) is 0 Å². The zero-order chi connectivity index (χ0) is 13.7. The smallest absolute Gasteiger partial charge is 0.236 e. The average Bonchev–Trinajstić information content (AvgIpc) is 2.89. The van der Waals surface area contributed by atoms with Gasteiger partial charge in [0.1, 0.15) is 0 Å². The van der Waals surface area contributed by atoms with E-state index >= 15 is 0 Å². The largest absolute Gasteiger partial charge is 0.361 e. The lowest BCUT2D eigenvalue weighted by Gasteiger charge is -2.13. The van der Waals surface area contributed by atoms with Gasteiger partial charge in [-0.1, -0.05) is 13.0 Å². The van der Waals surface area contributed by atoms with Crippen molar-refractivity contribution in [1.29, 1.82) is 0 Å². The van der Waals surface area contributed by atoms with Crippen LogP contribution in [-0.4, -0.2) is 23.5 Å². The van der Waals surface area contributed by atoms with Crippen LogP contribution in [-0.2, 0) is 11.3 Å². The predicted octanol–water partition coefficient (Wildman–Crippen LogP) is 2.17. The number of nitrogens with one attached hydrogen (secondary N) is 3. The summed E-state index contributed by atoms with van der Waals surface area (Å²) in [6, 6.07) is 8.15. The molecule has 2 rings (SSSR count). The summed E-state index contributed by atoms with van der Waals surface area (Å²) >= 11 is 0. The second-order valence-corrected chi connectivity index (χ2v) is 4.79. The van der Waals surface area contributed by atoms with Crippen LogP contribution in [0.25, 0.3) is 10.9 Å². The first kappa shape index (κ1) is 13.6. The summed E-state index contributed by atoms with van der Waals surface area (Å²) in [6.45, 7) is 5.37. The number of carbonyl (C=O) groups is 1. The Labute approximate surface area is 113 Å². The third-order valence-corrected chi connectivity index (χ3v) is 3.17. The van der Waals surface area contributed by atoms with Crippen LogP contribution in [0.2, 0.25) is 0 Å². The van der Waals surface area contributed by atoms with Gasteiger partial charge in [0.15, 0.2) is 0 Å². The quantitative estimate of drug-likeness (QED) is 0.744. The van der Waals surface area contributed by atoms with Crippen LogP contribution in [0.15, 0.2) is 30.5 Å². The molecule has 2 aromatic rings. The lowest BCUT2D eigenvalue weighted by Crippen LogP contribution is -2.42. The molecule has 1 unspecified atom stereocenters. The Morgan fingerprint density at radius 1 is 1.37 bits per heavy atom. The number of aromatic amines is 1. The van der Waals surface area contributed by atoms with Crippen molar-refractivity contribution in [3.8, 4) is 0 Å². The number of rotatable bonds is 6. The Hall–Kier alpha value is -1.81. The standard InChI is InChI=1S/C15H21N3O/c1-3-7-17-15(19)11(2)18-10-12-4-5-14-13(9-12)6-8-16-14/h4-6,8-9,11,16,18H,3,7,10H2,1-2H3,(H,17,19). The molecule has 1 heterocycles. The van der Waals surface area contributed by atoms with Crippen molar-refractivity contribution < 1.29 is 4.79 Å². The number of amides is 1. The summed E-state index contributed by atoms with van der Waals surface area (Å²) in [5, 5.41) is 7.33. The molecule has 0 fully saturated rings.